The zero-order valence-corrected chi connectivity index (χ0v) is 18.3. The summed E-state index contributed by atoms with van der Waals surface area (Å²) in [5.74, 6) is 2.01. The minimum absolute atomic E-state index is 0.137. The lowest BCUT2D eigenvalue weighted by atomic mass is 10.1. The number of halogens is 1. The maximum atomic E-state index is 12.6. The molecule has 1 aliphatic heterocycles. The fourth-order valence-electron chi connectivity index (χ4n) is 3.44. The van der Waals surface area contributed by atoms with E-state index < -0.39 is 0 Å². The molecule has 1 fully saturated rings. The lowest BCUT2D eigenvalue weighted by Gasteiger charge is -2.34. The molecule has 3 aromatic rings. The van der Waals surface area contributed by atoms with E-state index in [1.165, 1.54) is 0 Å². The third-order valence-corrected chi connectivity index (χ3v) is 5.66. The molecule has 0 unspecified atom stereocenters. The monoisotopic (exact) mass is 470 g/mol. The van der Waals surface area contributed by atoms with Crippen LogP contribution in [0.3, 0.4) is 0 Å². The van der Waals surface area contributed by atoms with Crippen LogP contribution in [0, 0.1) is 0 Å². The molecule has 0 N–H and O–H groups in total. The van der Waals surface area contributed by atoms with Crippen LogP contribution >= 0.6 is 15.9 Å². The molecule has 156 valence electrons. The van der Waals surface area contributed by atoms with Crippen molar-refractivity contribution in [3.8, 4) is 17.2 Å². The Kier molecular flexibility index (Phi) is 6.44. The molecule has 0 spiro atoms. The van der Waals surface area contributed by atoms with Crippen LogP contribution in [-0.2, 0) is 17.8 Å². The first-order valence-corrected chi connectivity index (χ1v) is 10.6. The largest absolute Gasteiger partial charge is 0.497 e. The molecule has 4 rings (SSSR count). The Morgan fingerprint density at radius 2 is 1.87 bits per heavy atom. The van der Waals surface area contributed by atoms with Gasteiger partial charge in [-0.1, -0.05) is 28.1 Å². The summed E-state index contributed by atoms with van der Waals surface area (Å²) in [6.45, 7) is 3.52. The van der Waals surface area contributed by atoms with Gasteiger partial charge < -0.3 is 14.1 Å². The molecule has 8 heteroatoms. The van der Waals surface area contributed by atoms with Crippen molar-refractivity contribution < 1.29 is 13.9 Å². The van der Waals surface area contributed by atoms with E-state index >= 15 is 0 Å². The SMILES string of the molecule is COc1cccc(CC(=O)N2CCN(Cc3nnc(-c4ccc(Br)cc4)o3)CC2)c1. The molecule has 0 bridgehead atoms. The van der Waals surface area contributed by atoms with Crippen molar-refractivity contribution in [2.45, 2.75) is 13.0 Å². The van der Waals surface area contributed by atoms with Gasteiger partial charge in [0.1, 0.15) is 5.75 Å². The standard InChI is InChI=1S/C22H23BrN4O3/c1-29-19-4-2-3-16(13-19)14-21(28)27-11-9-26(10-12-27)15-20-24-25-22(30-20)17-5-7-18(23)8-6-17/h2-8,13H,9-12,14-15H2,1H3. The van der Waals surface area contributed by atoms with Crippen molar-refractivity contribution in [1.29, 1.82) is 0 Å². The molecule has 1 amide bonds. The Morgan fingerprint density at radius 1 is 1.10 bits per heavy atom. The zero-order valence-electron chi connectivity index (χ0n) is 16.8. The van der Waals surface area contributed by atoms with Crippen molar-refractivity contribution in [3.63, 3.8) is 0 Å². The Hall–Kier alpha value is -2.71. The van der Waals surface area contributed by atoms with Crippen LogP contribution in [0.1, 0.15) is 11.5 Å². The van der Waals surface area contributed by atoms with E-state index in [9.17, 15) is 4.79 Å². The fourth-order valence-corrected chi connectivity index (χ4v) is 3.71. The zero-order chi connectivity index (χ0) is 20.9. The highest BCUT2D eigenvalue weighted by molar-refractivity contribution is 9.10. The summed E-state index contributed by atoms with van der Waals surface area (Å²) in [4.78, 5) is 16.8. The number of benzene rings is 2. The topological polar surface area (TPSA) is 71.7 Å². The molecular formula is C22H23BrN4O3. The van der Waals surface area contributed by atoms with Crippen LogP contribution in [-0.4, -0.2) is 59.2 Å². The van der Waals surface area contributed by atoms with Gasteiger partial charge >= 0.3 is 0 Å². The first-order chi connectivity index (χ1) is 14.6. The highest BCUT2D eigenvalue weighted by atomic mass is 79.9. The van der Waals surface area contributed by atoms with Crippen molar-refractivity contribution in [2.75, 3.05) is 33.3 Å². The summed E-state index contributed by atoms with van der Waals surface area (Å²) in [5.41, 5.74) is 1.86. The number of rotatable bonds is 6. The maximum absolute atomic E-state index is 12.6. The van der Waals surface area contributed by atoms with Gasteiger partial charge in [-0.3, -0.25) is 9.69 Å². The van der Waals surface area contributed by atoms with Gasteiger partial charge in [0, 0.05) is 36.2 Å². The van der Waals surface area contributed by atoms with Gasteiger partial charge in [0.25, 0.3) is 0 Å². The smallest absolute Gasteiger partial charge is 0.247 e. The molecular weight excluding hydrogens is 448 g/mol. The average Bonchev–Trinajstić information content (AvgIpc) is 3.23. The first-order valence-electron chi connectivity index (χ1n) is 9.82. The molecule has 1 saturated heterocycles. The van der Waals surface area contributed by atoms with Gasteiger partial charge in [0.05, 0.1) is 20.1 Å². The van der Waals surface area contributed by atoms with Crippen molar-refractivity contribution in [3.05, 3.63) is 64.5 Å². The van der Waals surface area contributed by atoms with Gasteiger partial charge in [0.15, 0.2) is 0 Å². The number of piperazine rings is 1. The van der Waals surface area contributed by atoms with Crippen molar-refractivity contribution in [1.82, 2.24) is 20.0 Å². The van der Waals surface area contributed by atoms with E-state index in [2.05, 4.69) is 31.0 Å². The average molecular weight is 471 g/mol. The number of ether oxygens (including phenoxy) is 1. The van der Waals surface area contributed by atoms with Gasteiger partial charge in [-0.15, -0.1) is 10.2 Å². The summed E-state index contributed by atoms with van der Waals surface area (Å²) in [7, 11) is 1.63. The van der Waals surface area contributed by atoms with E-state index in [-0.39, 0.29) is 5.91 Å². The van der Waals surface area contributed by atoms with Crippen LogP contribution in [0.2, 0.25) is 0 Å². The Balaban J connectivity index is 1.28. The number of hydrogen-bond acceptors (Lipinski definition) is 6. The van der Waals surface area contributed by atoms with E-state index in [1.807, 2.05) is 53.4 Å². The molecule has 0 atom stereocenters. The van der Waals surface area contributed by atoms with Gasteiger partial charge in [-0.05, 0) is 42.0 Å². The molecule has 0 radical (unpaired) electrons. The number of carbonyl (C=O) groups excluding carboxylic acids is 1. The van der Waals surface area contributed by atoms with E-state index in [0.29, 0.717) is 37.8 Å². The predicted octanol–water partition coefficient (Wildman–Crippen LogP) is 3.39. The number of hydrogen-bond donors (Lipinski definition) is 0. The normalized spacial score (nSPS) is 14.7. The van der Waals surface area contributed by atoms with Crippen LogP contribution < -0.4 is 4.74 Å². The van der Waals surface area contributed by atoms with Crippen molar-refractivity contribution >= 4 is 21.8 Å². The summed E-state index contributed by atoms with van der Waals surface area (Å²) in [6, 6.07) is 15.4. The van der Waals surface area contributed by atoms with E-state index in [1.54, 1.807) is 7.11 Å². The van der Waals surface area contributed by atoms with Gasteiger partial charge in [-0.25, -0.2) is 0 Å². The molecule has 1 aromatic heterocycles. The lowest BCUT2D eigenvalue weighted by Crippen LogP contribution is -2.48. The van der Waals surface area contributed by atoms with Crippen LogP contribution in [0.4, 0.5) is 0 Å². The van der Waals surface area contributed by atoms with Crippen LogP contribution in [0.15, 0.2) is 57.4 Å². The molecule has 30 heavy (non-hydrogen) atoms. The Bertz CT molecular complexity index is 998. The van der Waals surface area contributed by atoms with Crippen LogP contribution in [0.5, 0.6) is 5.75 Å². The minimum Gasteiger partial charge on any atom is -0.497 e. The van der Waals surface area contributed by atoms with Crippen molar-refractivity contribution in [2.24, 2.45) is 0 Å². The predicted molar refractivity (Wildman–Crippen MR) is 116 cm³/mol. The van der Waals surface area contributed by atoms with Gasteiger partial charge in [0.2, 0.25) is 17.7 Å². The molecule has 2 aromatic carbocycles. The van der Waals surface area contributed by atoms with E-state index in [4.69, 9.17) is 9.15 Å². The number of methoxy groups -OCH3 is 1. The Labute approximate surface area is 183 Å². The summed E-state index contributed by atoms with van der Waals surface area (Å²) < 4.78 is 12.1. The van der Waals surface area contributed by atoms with E-state index in [0.717, 1.165) is 34.4 Å². The minimum atomic E-state index is 0.137. The van der Waals surface area contributed by atoms with Gasteiger partial charge in [-0.2, -0.15) is 0 Å². The molecule has 1 aliphatic rings. The molecule has 0 saturated carbocycles. The third kappa shape index (κ3) is 5.06. The molecule has 2 heterocycles. The van der Waals surface area contributed by atoms with Crippen LogP contribution in [0.25, 0.3) is 11.5 Å². The maximum Gasteiger partial charge on any atom is 0.247 e. The summed E-state index contributed by atoms with van der Waals surface area (Å²) in [6.07, 6.45) is 0.386. The highest BCUT2D eigenvalue weighted by Gasteiger charge is 2.22. The first kappa shape index (κ1) is 20.6. The Morgan fingerprint density at radius 3 is 2.60 bits per heavy atom. The lowest BCUT2D eigenvalue weighted by molar-refractivity contribution is -0.132. The summed E-state index contributed by atoms with van der Waals surface area (Å²) in [5, 5.41) is 8.33. The second-order valence-electron chi connectivity index (χ2n) is 7.19. The quantitative estimate of drug-likeness (QED) is 0.549. The second kappa shape index (κ2) is 9.40. The fraction of sp³-hybridized carbons (Fsp3) is 0.318. The molecule has 0 aliphatic carbocycles. The number of nitrogens with zero attached hydrogens (tertiary/aromatic N) is 4. The third-order valence-electron chi connectivity index (χ3n) is 5.13. The second-order valence-corrected chi connectivity index (χ2v) is 8.11. The number of amides is 1. The number of aromatic nitrogens is 2. The number of carbonyl (C=O) groups is 1. The molecule has 7 nitrogen and oxygen atoms in total. The highest BCUT2D eigenvalue weighted by Crippen LogP contribution is 2.21. The summed E-state index contributed by atoms with van der Waals surface area (Å²) >= 11 is 3.42.